The largest absolute Gasteiger partial charge is 0.387 e. The average molecular weight is 177 g/mol. The second-order valence-corrected chi connectivity index (χ2v) is 3.10. The van der Waals surface area contributed by atoms with E-state index >= 15 is 0 Å². The molecule has 2 aromatic rings. The molecule has 0 amide bonds. The van der Waals surface area contributed by atoms with Crippen LogP contribution in [0.4, 0.5) is 0 Å². The maximum Gasteiger partial charge on any atom is 0.0933 e. The summed E-state index contributed by atoms with van der Waals surface area (Å²) in [7, 11) is 0. The standard InChI is InChI=1S/C9H11N3O/c1-6-8-4-3-5-9(7(2)13)12(8)11-10-6/h3-5,7,13H,1-2H3. The zero-order valence-corrected chi connectivity index (χ0v) is 7.60. The minimum atomic E-state index is -0.523. The monoisotopic (exact) mass is 177 g/mol. The van der Waals surface area contributed by atoms with Gasteiger partial charge < -0.3 is 5.11 Å². The van der Waals surface area contributed by atoms with Crippen LogP contribution < -0.4 is 0 Å². The molecule has 0 saturated carbocycles. The lowest BCUT2D eigenvalue weighted by Gasteiger charge is -2.05. The fourth-order valence-corrected chi connectivity index (χ4v) is 1.37. The number of aromatic nitrogens is 3. The topological polar surface area (TPSA) is 50.4 Å². The van der Waals surface area contributed by atoms with E-state index < -0.39 is 6.10 Å². The summed E-state index contributed by atoms with van der Waals surface area (Å²) in [5.41, 5.74) is 2.58. The zero-order chi connectivity index (χ0) is 9.42. The molecule has 0 saturated heterocycles. The summed E-state index contributed by atoms with van der Waals surface area (Å²) in [6.45, 7) is 3.61. The van der Waals surface area contributed by atoms with Crippen molar-refractivity contribution in [3.05, 3.63) is 29.6 Å². The Hall–Kier alpha value is -1.42. The molecule has 2 heterocycles. The third-order valence-electron chi connectivity index (χ3n) is 2.08. The van der Waals surface area contributed by atoms with E-state index in [4.69, 9.17) is 0 Å². The van der Waals surface area contributed by atoms with E-state index in [1.54, 1.807) is 11.4 Å². The molecule has 2 aromatic heterocycles. The van der Waals surface area contributed by atoms with Gasteiger partial charge in [-0.15, -0.1) is 5.10 Å². The SMILES string of the molecule is Cc1nnn2c(C(C)O)cccc12. The predicted molar refractivity (Wildman–Crippen MR) is 48.4 cm³/mol. The van der Waals surface area contributed by atoms with Crippen molar-refractivity contribution < 1.29 is 5.11 Å². The van der Waals surface area contributed by atoms with Crippen molar-refractivity contribution in [1.29, 1.82) is 0 Å². The normalized spacial score (nSPS) is 13.5. The molecule has 1 atom stereocenters. The van der Waals surface area contributed by atoms with Crippen molar-refractivity contribution in [2.24, 2.45) is 0 Å². The average Bonchev–Trinajstić information content (AvgIpc) is 2.48. The Morgan fingerprint density at radius 2 is 2.23 bits per heavy atom. The van der Waals surface area contributed by atoms with Crippen molar-refractivity contribution >= 4 is 5.52 Å². The highest BCUT2D eigenvalue weighted by molar-refractivity contribution is 5.50. The van der Waals surface area contributed by atoms with Gasteiger partial charge in [-0.25, -0.2) is 4.52 Å². The fourth-order valence-electron chi connectivity index (χ4n) is 1.37. The van der Waals surface area contributed by atoms with E-state index in [0.29, 0.717) is 0 Å². The molecule has 0 spiro atoms. The zero-order valence-electron chi connectivity index (χ0n) is 7.60. The first-order chi connectivity index (χ1) is 6.20. The van der Waals surface area contributed by atoms with Crippen molar-refractivity contribution in [3.8, 4) is 0 Å². The highest BCUT2D eigenvalue weighted by Gasteiger charge is 2.08. The Labute approximate surface area is 75.8 Å². The number of hydrogen-bond acceptors (Lipinski definition) is 3. The molecule has 0 aromatic carbocycles. The number of nitrogens with zero attached hydrogens (tertiary/aromatic N) is 3. The molecule has 0 aliphatic heterocycles. The maximum absolute atomic E-state index is 9.44. The molecule has 0 aliphatic carbocycles. The Bertz CT molecular complexity index is 433. The minimum absolute atomic E-state index is 0.523. The van der Waals surface area contributed by atoms with Crippen LogP contribution in [-0.4, -0.2) is 19.9 Å². The summed E-state index contributed by atoms with van der Waals surface area (Å²) in [5, 5.41) is 17.3. The Morgan fingerprint density at radius 3 is 2.92 bits per heavy atom. The molecule has 13 heavy (non-hydrogen) atoms. The Morgan fingerprint density at radius 1 is 1.46 bits per heavy atom. The number of aliphatic hydroxyl groups is 1. The smallest absolute Gasteiger partial charge is 0.0933 e. The molecule has 2 rings (SSSR count). The van der Waals surface area contributed by atoms with Crippen LogP contribution in [0.5, 0.6) is 0 Å². The van der Waals surface area contributed by atoms with Gasteiger partial charge in [0, 0.05) is 0 Å². The van der Waals surface area contributed by atoms with Gasteiger partial charge in [-0.2, -0.15) is 0 Å². The number of pyridine rings is 1. The summed E-state index contributed by atoms with van der Waals surface area (Å²) in [5.74, 6) is 0. The van der Waals surface area contributed by atoms with Crippen LogP contribution in [0.15, 0.2) is 18.2 Å². The number of aryl methyl sites for hydroxylation is 1. The third-order valence-corrected chi connectivity index (χ3v) is 2.08. The minimum Gasteiger partial charge on any atom is -0.387 e. The van der Waals surface area contributed by atoms with E-state index in [-0.39, 0.29) is 0 Å². The first-order valence-electron chi connectivity index (χ1n) is 4.19. The number of aliphatic hydroxyl groups excluding tert-OH is 1. The van der Waals surface area contributed by atoms with Crippen LogP contribution >= 0.6 is 0 Å². The van der Waals surface area contributed by atoms with Gasteiger partial charge in [-0.05, 0) is 26.0 Å². The van der Waals surface area contributed by atoms with Gasteiger partial charge in [-0.3, -0.25) is 0 Å². The van der Waals surface area contributed by atoms with Crippen LogP contribution in [-0.2, 0) is 0 Å². The van der Waals surface area contributed by atoms with E-state index in [1.807, 2.05) is 25.1 Å². The van der Waals surface area contributed by atoms with Crippen LogP contribution in [0.2, 0.25) is 0 Å². The summed E-state index contributed by atoms with van der Waals surface area (Å²) in [6.07, 6.45) is -0.523. The van der Waals surface area contributed by atoms with E-state index in [9.17, 15) is 5.11 Å². The number of fused-ring (bicyclic) bond motifs is 1. The number of rotatable bonds is 1. The lowest BCUT2D eigenvalue weighted by atomic mass is 10.2. The van der Waals surface area contributed by atoms with Crippen LogP contribution in [0.1, 0.15) is 24.4 Å². The van der Waals surface area contributed by atoms with E-state index in [0.717, 1.165) is 16.9 Å². The van der Waals surface area contributed by atoms with Crippen LogP contribution in [0.3, 0.4) is 0 Å². The summed E-state index contributed by atoms with van der Waals surface area (Å²) < 4.78 is 1.67. The van der Waals surface area contributed by atoms with Crippen molar-refractivity contribution in [2.45, 2.75) is 20.0 Å². The fraction of sp³-hybridized carbons (Fsp3) is 0.333. The summed E-state index contributed by atoms with van der Waals surface area (Å²) >= 11 is 0. The van der Waals surface area contributed by atoms with Gasteiger partial charge in [0.05, 0.1) is 23.0 Å². The van der Waals surface area contributed by atoms with Gasteiger partial charge in [-0.1, -0.05) is 11.3 Å². The quantitative estimate of drug-likeness (QED) is 0.709. The summed E-state index contributed by atoms with van der Waals surface area (Å²) in [6, 6.07) is 5.67. The lowest BCUT2D eigenvalue weighted by Crippen LogP contribution is -2.01. The molecule has 68 valence electrons. The molecular weight excluding hydrogens is 166 g/mol. The maximum atomic E-state index is 9.44. The van der Waals surface area contributed by atoms with Crippen molar-refractivity contribution in [1.82, 2.24) is 14.8 Å². The molecule has 4 nitrogen and oxygen atoms in total. The highest BCUT2D eigenvalue weighted by atomic mass is 16.3. The van der Waals surface area contributed by atoms with Crippen molar-refractivity contribution in [3.63, 3.8) is 0 Å². The molecular formula is C9H11N3O. The second-order valence-electron chi connectivity index (χ2n) is 3.10. The predicted octanol–water partition coefficient (Wildman–Crippen LogP) is 1.09. The molecule has 1 unspecified atom stereocenters. The Balaban J connectivity index is 2.77. The van der Waals surface area contributed by atoms with E-state index in [2.05, 4.69) is 10.3 Å². The molecule has 0 bridgehead atoms. The molecule has 1 N–H and O–H groups in total. The van der Waals surface area contributed by atoms with Gasteiger partial charge in [0.15, 0.2) is 0 Å². The van der Waals surface area contributed by atoms with Crippen molar-refractivity contribution in [2.75, 3.05) is 0 Å². The summed E-state index contributed by atoms with van der Waals surface area (Å²) in [4.78, 5) is 0. The van der Waals surface area contributed by atoms with Crippen LogP contribution in [0, 0.1) is 6.92 Å². The van der Waals surface area contributed by atoms with E-state index in [1.165, 1.54) is 0 Å². The molecule has 0 aliphatic rings. The lowest BCUT2D eigenvalue weighted by molar-refractivity contribution is 0.191. The van der Waals surface area contributed by atoms with Gasteiger partial charge in [0.2, 0.25) is 0 Å². The molecule has 0 fully saturated rings. The van der Waals surface area contributed by atoms with Crippen LogP contribution in [0.25, 0.3) is 5.52 Å². The van der Waals surface area contributed by atoms with Gasteiger partial charge in [0.1, 0.15) is 0 Å². The Kier molecular flexibility index (Phi) is 1.77. The third kappa shape index (κ3) is 1.19. The highest BCUT2D eigenvalue weighted by Crippen LogP contribution is 2.14. The second kappa shape index (κ2) is 2.81. The van der Waals surface area contributed by atoms with Gasteiger partial charge >= 0.3 is 0 Å². The molecule has 0 radical (unpaired) electrons. The number of hydrogen-bond donors (Lipinski definition) is 1. The van der Waals surface area contributed by atoms with Gasteiger partial charge in [0.25, 0.3) is 0 Å². The first-order valence-corrected chi connectivity index (χ1v) is 4.19. The first kappa shape index (κ1) is 8.19. The molecule has 4 heteroatoms.